The fraction of sp³-hybridized carbons (Fsp3) is 0.364. The van der Waals surface area contributed by atoms with Crippen molar-refractivity contribution >= 4 is 23.4 Å². The van der Waals surface area contributed by atoms with Crippen molar-refractivity contribution in [3.05, 3.63) is 59.9 Å². The molecule has 3 rings (SSSR count). The molecule has 1 aromatic heterocycles. The number of rotatable bonds is 5. The molecule has 0 spiro atoms. The van der Waals surface area contributed by atoms with Gasteiger partial charge in [-0.25, -0.2) is 0 Å². The standard InChI is InChI=1S/C22H26N4O3/c1-22(2,3)26-14-17(11-19(26)27)20(28)24-12-15-6-4-8-18(10-15)25-21(29)16-7-5-9-23-13-16/h4-10,13,17H,11-12,14H2,1-3H3,(H,24,28)(H,25,29). The number of hydrogen-bond donors (Lipinski definition) is 2. The van der Waals surface area contributed by atoms with Gasteiger partial charge in [0.25, 0.3) is 5.91 Å². The predicted molar refractivity (Wildman–Crippen MR) is 110 cm³/mol. The summed E-state index contributed by atoms with van der Waals surface area (Å²) in [6, 6.07) is 10.7. The zero-order valence-corrected chi connectivity index (χ0v) is 16.9. The molecular weight excluding hydrogens is 368 g/mol. The van der Waals surface area contributed by atoms with Crippen LogP contribution in [0.4, 0.5) is 5.69 Å². The Morgan fingerprint density at radius 1 is 1.21 bits per heavy atom. The second-order valence-corrected chi connectivity index (χ2v) is 8.19. The molecule has 1 saturated heterocycles. The number of carbonyl (C=O) groups excluding carboxylic acids is 3. The highest BCUT2D eigenvalue weighted by Gasteiger charge is 2.39. The molecule has 1 atom stereocenters. The van der Waals surface area contributed by atoms with E-state index in [0.29, 0.717) is 24.3 Å². The zero-order chi connectivity index (χ0) is 21.0. The summed E-state index contributed by atoms with van der Waals surface area (Å²) in [5, 5.41) is 5.73. The molecule has 0 bridgehead atoms. The molecule has 0 saturated carbocycles. The average Bonchev–Trinajstić information content (AvgIpc) is 3.09. The van der Waals surface area contributed by atoms with Gasteiger partial charge in [0.05, 0.1) is 11.5 Å². The molecule has 29 heavy (non-hydrogen) atoms. The fourth-order valence-electron chi connectivity index (χ4n) is 3.32. The summed E-state index contributed by atoms with van der Waals surface area (Å²) in [7, 11) is 0. The quantitative estimate of drug-likeness (QED) is 0.815. The lowest BCUT2D eigenvalue weighted by molar-refractivity contribution is -0.132. The summed E-state index contributed by atoms with van der Waals surface area (Å²) in [6.45, 7) is 6.68. The summed E-state index contributed by atoms with van der Waals surface area (Å²) in [4.78, 5) is 42.6. The van der Waals surface area contributed by atoms with E-state index in [1.54, 1.807) is 29.3 Å². The summed E-state index contributed by atoms with van der Waals surface area (Å²) in [6.07, 6.45) is 3.35. The number of carbonyl (C=O) groups is 3. The first-order chi connectivity index (χ1) is 13.7. The van der Waals surface area contributed by atoms with Gasteiger partial charge in [-0.2, -0.15) is 0 Å². The molecule has 1 unspecified atom stereocenters. The van der Waals surface area contributed by atoms with Crippen LogP contribution in [0.5, 0.6) is 0 Å². The maximum absolute atomic E-state index is 12.5. The smallest absolute Gasteiger partial charge is 0.257 e. The third-order valence-electron chi connectivity index (χ3n) is 4.88. The number of hydrogen-bond acceptors (Lipinski definition) is 4. The average molecular weight is 394 g/mol. The Balaban J connectivity index is 1.56. The van der Waals surface area contributed by atoms with Gasteiger partial charge >= 0.3 is 0 Å². The van der Waals surface area contributed by atoms with Crippen molar-refractivity contribution in [1.29, 1.82) is 0 Å². The van der Waals surface area contributed by atoms with E-state index >= 15 is 0 Å². The molecule has 2 aromatic rings. The van der Waals surface area contributed by atoms with Gasteiger partial charge in [0.15, 0.2) is 0 Å². The highest BCUT2D eigenvalue weighted by molar-refractivity contribution is 6.04. The van der Waals surface area contributed by atoms with E-state index in [2.05, 4.69) is 15.6 Å². The second-order valence-electron chi connectivity index (χ2n) is 8.19. The summed E-state index contributed by atoms with van der Waals surface area (Å²) < 4.78 is 0. The molecule has 0 aliphatic carbocycles. The van der Waals surface area contributed by atoms with Crippen LogP contribution in [0.1, 0.15) is 43.1 Å². The molecule has 2 heterocycles. The maximum Gasteiger partial charge on any atom is 0.257 e. The van der Waals surface area contributed by atoms with Crippen molar-refractivity contribution in [2.45, 2.75) is 39.3 Å². The lowest BCUT2D eigenvalue weighted by Gasteiger charge is -2.31. The van der Waals surface area contributed by atoms with Gasteiger partial charge in [-0.05, 0) is 50.6 Å². The third kappa shape index (κ3) is 5.19. The Morgan fingerprint density at radius 2 is 2.00 bits per heavy atom. The molecule has 7 nitrogen and oxygen atoms in total. The largest absolute Gasteiger partial charge is 0.352 e. The number of amides is 3. The van der Waals surface area contributed by atoms with Crippen LogP contribution in [0, 0.1) is 5.92 Å². The van der Waals surface area contributed by atoms with Gasteiger partial charge in [-0.3, -0.25) is 19.4 Å². The summed E-state index contributed by atoms with van der Waals surface area (Å²) >= 11 is 0. The van der Waals surface area contributed by atoms with Gasteiger partial charge in [-0.15, -0.1) is 0 Å². The first-order valence-corrected chi connectivity index (χ1v) is 9.62. The van der Waals surface area contributed by atoms with Gasteiger partial charge in [0, 0.05) is 43.1 Å². The zero-order valence-electron chi connectivity index (χ0n) is 16.9. The topological polar surface area (TPSA) is 91.4 Å². The molecule has 1 aliphatic heterocycles. The highest BCUT2D eigenvalue weighted by atomic mass is 16.2. The molecule has 2 N–H and O–H groups in total. The summed E-state index contributed by atoms with van der Waals surface area (Å²) in [5.74, 6) is -0.700. The number of pyridine rings is 1. The van der Waals surface area contributed by atoms with Crippen molar-refractivity contribution in [3.63, 3.8) is 0 Å². The monoisotopic (exact) mass is 394 g/mol. The molecule has 152 valence electrons. The van der Waals surface area contributed by atoms with Gasteiger partial charge < -0.3 is 15.5 Å². The Bertz CT molecular complexity index is 906. The van der Waals surface area contributed by atoms with Crippen LogP contribution in [0.2, 0.25) is 0 Å². The number of aromatic nitrogens is 1. The maximum atomic E-state index is 12.5. The fourth-order valence-corrected chi connectivity index (χ4v) is 3.32. The van der Waals surface area contributed by atoms with E-state index in [-0.39, 0.29) is 35.6 Å². The number of likely N-dealkylation sites (tertiary alicyclic amines) is 1. The van der Waals surface area contributed by atoms with Crippen molar-refractivity contribution < 1.29 is 14.4 Å². The molecule has 7 heteroatoms. The Morgan fingerprint density at radius 3 is 2.66 bits per heavy atom. The van der Waals surface area contributed by atoms with E-state index in [1.807, 2.05) is 39.0 Å². The van der Waals surface area contributed by atoms with E-state index in [4.69, 9.17) is 0 Å². The third-order valence-corrected chi connectivity index (χ3v) is 4.88. The number of benzene rings is 1. The minimum atomic E-state index is -0.338. The van der Waals surface area contributed by atoms with Gasteiger partial charge in [-0.1, -0.05) is 12.1 Å². The lowest BCUT2D eigenvalue weighted by atomic mass is 10.1. The highest BCUT2D eigenvalue weighted by Crippen LogP contribution is 2.26. The van der Waals surface area contributed by atoms with Gasteiger partial charge in [0.1, 0.15) is 0 Å². The Hall–Kier alpha value is -3.22. The predicted octanol–water partition coefficient (Wildman–Crippen LogP) is 2.60. The number of nitrogens with zero attached hydrogens (tertiary/aromatic N) is 2. The Kier molecular flexibility index (Phi) is 5.96. The van der Waals surface area contributed by atoms with Gasteiger partial charge in [0.2, 0.25) is 11.8 Å². The molecule has 1 fully saturated rings. The van der Waals surface area contributed by atoms with Crippen LogP contribution in [-0.4, -0.2) is 39.7 Å². The molecule has 1 aromatic carbocycles. The minimum absolute atomic E-state index is 0.0118. The Labute approximate surface area is 170 Å². The van der Waals surface area contributed by atoms with Crippen molar-refractivity contribution in [3.8, 4) is 0 Å². The van der Waals surface area contributed by atoms with Crippen LogP contribution in [0.3, 0.4) is 0 Å². The second kappa shape index (κ2) is 8.43. The van der Waals surface area contributed by atoms with Crippen molar-refractivity contribution in [1.82, 2.24) is 15.2 Å². The lowest BCUT2D eigenvalue weighted by Crippen LogP contribution is -2.43. The van der Waals surface area contributed by atoms with E-state index < -0.39 is 0 Å². The molecular formula is C22H26N4O3. The first-order valence-electron chi connectivity index (χ1n) is 9.62. The van der Waals surface area contributed by atoms with E-state index in [1.165, 1.54) is 6.20 Å². The van der Waals surface area contributed by atoms with E-state index in [0.717, 1.165) is 5.56 Å². The first kappa shape index (κ1) is 20.5. The summed E-state index contributed by atoms with van der Waals surface area (Å²) in [5.41, 5.74) is 1.69. The molecule has 3 amide bonds. The van der Waals surface area contributed by atoms with Crippen LogP contribution >= 0.6 is 0 Å². The number of anilines is 1. The van der Waals surface area contributed by atoms with Crippen molar-refractivity contribution in [2.24, 2.45) is 5.92 Å². The van der Waals surface area contributed by atoms with Crippen LogP contribution in [0.25, 0.3) is 0 Å². The van der Waals surface area contributed by atoms with E-state index in [9.17, 15) is 14.4 Å². The normalized spacial score (nSPS) is 16.6. The van der Waals surface area contributed by atoms with Crippen LogP contribution in [-0.2, 0) is 16.1 Å². The SMILES string of the molecule is CC(C)(C)N1CC(C(=O)NCc2cccc(NC(=O)c3cccnc3)c2)CC1=O. The van der Waals surface area contributed by atoms with Crippen molar-refractivity contribution in [2.75, 3.05) is 11.9 Å². The molecule has 1 aliphatic rings. The van der Waals surface area contributed by atoms with Crippen LogP contribution < -0.4 is 10.6 Å². The minimum Gasteiger partial charge on any atom is -0.352 e. The van der Waals surface area contributed by atoms with Crippen LogP contribution in [0.15, 0.2) is 48.8 Å². The number of nitrogens with one attached hydrogen (secondary N) is 2. The molecule has 0 radical (unpaired) electrons.